The predicted octanol–water partition coefficient (Wildman–Crippen LogP) is 1.67. The number of hydrogen-bond donors (Lipinski definition) is 1. The number of thioether (sulfide) groups is 1. The quantitative estimate of drug-likeness (QED) is 0.822. The van der Waals surface area contributed by atoms with Crippen LogP contribution in [0.4, 0.5) is 4.39 Å². The maximum absolute atomic E-state index is 13.2. The fraction of sp³-hybridized carbons (Fsp3) is 0.385. The van der Waals surface area contributed by atoms with Crippen LogP contribution >= 0.6 is 11.8 Å². The van der Waals surface area contributed by atoms with Gasteiger partial charge in [0, 0.05) is 6.54 Å². The number of hydrogen-bond acceptors (Lipinski definition) is 5. The molecular formula is C13H16FN5OS. The predicted molar refractivity (Wildman–Crippen MR) is 77.7 cm³/mol. The Bertz CT molecular complexity index is 616. The van der Waals surface area contributed by atoms with Crippen LogP contribution in [0.25, 0.3) is 5.69 Å². The van der Waals surface area contributed by atoms with Crippen LogP contribution in [-0.2, 0) is 4.79 Å². The number of benzene rings is 1. The summed E-state index contributed by atoms with van der Waals surface area (Å²) < 4.78 is 14.6. The zero-order valence-electron chi connectivity index (χ0n) is 11.8. The highest BCUT2D eigenvalue weighted by molar-refractivity contribution is 7.99. The van der Waals surface area contributed by atoms with Crippen molar-refractivity contribution in [2.45, 2.75) is 19.0 Å². The molecule has 0 radical (unpaired) electrons. The van der Waals surface area contributed by atoms with Crippen LogP contribution in [0.5, 0.6) is 0 Å². The minimum atomic E-state index is -0.367. The summed E-state index contributed by atoms with van der Waals surface area (Å²) in [5, 5.41) is 14.5. The fourth-order valence-electron chi connectivity index (χ4n) is 1.54. The van der Waals surface area contributed by atoms with Crippen molar-refractivity contribution in [2.24, 2.45) is 5.92 Å². The van der Waals surface area contributed by atoms with E-state index in [-0.39, 0.29) is 17.5 Å². The van der Waals surface area contributed by atoms with Gasteiger partial charge in [-0.25, -0.2) is 4.39 Å². The summed E-state index contributed by atoms with van der Waals surface area (Å²) in [6.45, 7) is 4.68. The topological polar surface area (TPSA) is 72.7 Å². The maximum atomic E-state index is 13.2. The number of amides is 1. The molecular weight excluding hydrogens is 293 g/mol. The molecule has 0 bridgehead atoms. The number of nitrogens with one attached hydrogen (secondary N) is 1. The van der Waals surface area contributed by atoms with Crippen molar-refractivity contribution in [3.8, 4) is 5.69 Å². The van der Waals surface area contributed by atoms with E-state index in [0.29, 0.717) is 23.3 Å². The summed E-state index contributed by atoms with van der Waals surface area (Å²) >= 11 is 1.21. The Kier molecular flexibility index (Phi) is 5.26. The first kappa shape index (κ1) is 15.4. The normalized spacial score (nSPS) is 10.9. The van der Waals surface area contributed by atoms with Crippen molar-refractivity contribution in [1.29, 1.82) is 0 Å². The van der Waals surface area contributed by atoms with Gasteiger partial charge in [-0.2, -0.15) is 4.68 Å². The monoisotopic (exact) mass is 309 g/mol. The molecule has 2 aromatic rings. The SMILES string of the molecule is CC(C)CNC(=O)CSc1nnnn1-c1cccc(F)c1. The van der Waals surface area contributed by atoms with Crippen LogP contribution in [0.3, 0.4) is 0 Å². The summed E-state index contributed by atoms with van der Waals surface area (Å²) in [4.78, 5) is 11.7. The molecule has 0 aliphatic carbocycles. The standard InChI is InChI=1S/C13H16FN5OS/c1-9(2)7-15-12(20)8-21-13-16-17-18-19(13)11-5-3-4-10(14)6-11/h3-6,9H,7-8H2,1-2H3,(H,15,20). The Morgan fingerprint density at radius 3 is 3.00 bits per heavy atom. The van der Waals surface area contributed by atoms with Crippen molar-refractivity contribution in [3.05, 3.63) is 30.1 Å². The lowest BCUT2D eigenvalue weighted by Crippen LogP contribution is -2.28. The molecule has 0 unspecified atom stereocenters. The molecule has 0 spiro atoms. The molecule has 1 amide bonds. The van der Waals surface area contributed by atoms with E-state index in [1.54, 1.807) is 12.1 Å². The molecule has 2 rings (SSSR count). The lowest BCUT2D eigenvalue weighted by molar-refractivity contribution is -0.118. The molecule has 1 aromatic heterocycles. The third-order valence-corrected chi connectivity index (χ3v) is 3.45. The van der Waals surface area contributed by atoms with Gasteiger partial charge in [-0.05, 0) is 34.5 Å². The average Bonchev–Trinajstić information content (AvgIpc) is 2.91. The molecule has 0 aliphatic rings. The van der Waals surface area contributed by atoms with Gasteiger partial charge < -0.3 is 5.32 Å². The maximum Gasteiger partial charge on any atom is 0.230 e. The van der Waals surface area contributed by atoms with Gasteiger partial charge in [0.15, 0.2) is 0 Å². The van der Waals surface area contributed by atoms with Gasteiger partial charge in [0.05, 0.1) is 11.4 Å². The summed E-state index contributed by atoms with van der Waals surface area (Å²) in [6, 6.07) is 5.96. The molecule has 0 saturated heterocycles. The Morgan fingerprint density at radius 2 is 2.29 bits per heavy atom. The zero-order chi connectivity index (χ0) is 15.2. The minimum absolute atomic E-state index is 0.0810. The molecule has 8 heteroatoms. The molecule has 0 fully saturated rings. The third kappa shape index (κ3) is 4.52. The number of rotatable bonds is 6. The van der Waals surface area contributed by atoms with E-state index in [2.05, 4.69) is 20.8 Å². The summed E-state index contributed by atoms with van der Waals surface area (Å²) in [6.07, 6.45) is 0. The van der Waals surface area contributed by atoms with E-state index in [0.717, 1.165) is 0 Å². The van der Waals surface area contributed by atoms with E-state index in [1.165, 1.54) is 28.6 Å². The smallest absolute Gasteiger partial charge is 0.230 e. The molecule has 1 heterocycles. The first-order valence-corrected chi connectivity index (χ1v) is 7.48. The van der Waals surface area contributed by atoms with Gasteiger partial charge in [-0.15, -0.1) is 5.10 Å². The second-order valence-electron chi connectivity index (χ2n) is 4.84. The Morgan fingerprint density at radius 1 is 1.48 bits per heavy atom. The van der Waals surface area contributed by atoms with Crippen molar-refractivity contribution in [1.82, 2.24) is 25.5 Å². The van der Waals surface area contributed by atoms with Gasteiger partial charge in [-0.1, -0.05) is 31.7 Å². The highest BCUT2D eigenvalue weighted by Gasteiger charge is 2.12. The van der Waals surface area contributed by atoms with Crippen LogP contribution in [0, 0.1) is 11.7 Å². The van der Waals surface area contributed by atoms with Crippen LogP contribution in [0.2, 0.25) is 0 Å². The van der Waals surface area contributed by atoms with Crippen molar-refractivity contribution < 1.29 is 9.18 Å². The lowest BCUT2D eigenvalue weighted by Gasteiger charge is -2.07. The number of carbonyl (C=O) groups excluding carboxylic acids is 1. The van der Waals surface area contributed by atoms with Crippen LogP contribution in [0.1, 0.15) is 13.8 Å². The summed E-state index contributed by atoms with van der Waals surface area (Å²) in [5.74, 6) is 0.162. The van der Waals surface area contributed by atoms with Crippen LogP contribution in [-0.4, -0.2) is 38.4 Å². The van der Waals surface area contributed by atoms with E-state index in [1.807, 2.05) is 13.8 Å². The van der Waals surface area contributed by atoms with Gasteiger partial charge >= 0.3 is 0 Å². The van der Waals surface area contributed by atoms with Crippen LogP contribution < -0.4 is 5.32 Å². The second kappa shape index (κ2) is 7.16. The first-order chi connectivity index (χ1) is 10.1. The first-order valence-electron chi connectivity index (χ1n) is 6.50. The van der Waals surface area contributed by atoms with Gasteiger partial charge in [0.2, 0.25) is 11.1 Å². The molecule has 1 aromatic carbocycles. The van der Waals surface area contributed by atoms with E-state index >= 15 is 0 Å². The zero-order valence-corrected chi connectivity index (χ0v) is 12.6. The highest BCUT2D eigenvalue weighted by atomic mass is 32.2. The minimum Gasteiger partial charge on any atom is -0.355 e. The average molecular weight is 309 g/mol. The number of halogens is 1. The number of nitrogens with zero attached hydrogens (tertiary/aromatic N) is 4. The lowest BCUT2D eigenvalue weighted by atomic mass is 10.2. The third-order valence-electron chi connectivity index (χ3n) is 2.53. The second-order valence-corrected chi connectivity index (χ2v) is 5.78. The highest BCUT2D eigenvalue weighted by Crippen LogP contribution is 2.18. The van der Waals surface area contributed by atoms with Crippen molar-refractivity contribution >= 4 is 17.7 Å². The Labute approximate surface area is 126 Å². The summed E-state index contributed by atoms with van der Waals surface area (Å²) in [7, 11) is 0. The van der Waals surface area contributed by atoms with Gasteiger partial charge in [0.25, 0.3) is 0 Å². The molecule has 0 saturated carbocycles. The van der Waals surface area contributed by atoms with Crippen molar-refractivity contribution in [2.75, 3.05) is 12.3 Å². The molecule has 6 nitrogen and oxygen atoms in total. The van der Waals surface area contributed by atoms with E-state index < -0.39 is 0 Å². The van der Waals surface area contributed by atoms with E-state index in [9.17, 15) is 9.18 Å². The Balaban J connectivity index is 1.99. The Hall–Kier alpha value is -1.96. The molecule has 112 valence electrons. The van der Waals surface area contributed by atoms with Crippen molar-refractivity contribution in [3.63, 3.8) is 0 Å². The molecule has 21 heavy (non-hydrogen) atoms. The molecule has 0 aliphatic heterocycles. The largest absolute Gasteiger partial charge is 0.355 e. The van der Waals surface area contributed by atoms with E-state index in [4.69, 9.17) is 0 Å². The molecule has 1 N–H and O–H groups in total. The van der Waals surface area contributed by atoms with Gasteiger partial charge in [-0.3, -0.25) is 4.79 Å². The number of tetrazole rings is 1. The van der Waals surface area contributed by atoms with Crippen LogP contribution in [0.15, 0.2) is 29.4 Å². The number of aromatic nitrogens is 4. The molecule has 0 atom stereocenters. The fourth-order valence-corrected chi connectivity index (χ4v) is 2.26. The van der Waals surface area contributed by atoms with Gasteiger partial charge in [0.1, 0.15) is 5.82 Å². The number of carbonyl (C=O) groups is 1. The summed E-state index contributed by atoms with van der Waals surface area (Å²) in [5.41, 5.74) is 0.519.